The van der Waals surface area contributed by atoms with E-state index in [1.165, 1.54) is 20.9 Å². The number of aryl methyl sites for hydroxylation is 1. The third kappa shape index (κ3) is 3.99. The molecule has 1 saturated heterocycles. The average molecular weight is 352 g/mol. The van der Waals surface area contributed by atoms with E-state index < -0.39 is 0 Å². The predicted octanol–water partition coefficient (Wildman–Crippen LogP) is 2.32. The van der Waals surface area contributed by atoms with Crippen molar-refractivity contribution in [1.29, 1.82) is 0 Å². The number of amides is 1. The summed E-state index contributed by atoms with van der Waals surface area (Å²) in [6.45, 7) is 10.5. The van der Waals surface area contributed by atoms with E-state index in [2.05, 4.69) is 42.1 Å². The molecule has 0 saturated carbocycles. The number of rotatable bonds is 4. The summed E-state index contributed by atoms with van der Waals surface area (Å²) >= 11 is 3.47. The SMILES string of the molecule is Cc1sc2c(c1C)CSC(C(=O)NCCN1CCN(C)CC1)=C2. The number of nitrogens with zero attached hydrogens (tertiary/aromatic N) is 2. The van der Waals surface area contributed by atoms with Gasteiger partial charge in [-0.1, -0.05) is 0 Å². The summed E-state index contributed by atoms with van der Waals surface area (Å²) in [5, 5.41) is 3.08. The van der Waals surface area contributed by atoms with Gasteiger partial charge in [-0.2, -0.15) is 0 Å². The van der Waals surface area contributed by atoms with Crippen LogP contribution in [0.4, 0.5) is 0 Å². The number of nitrogens with one attached hydrogen (secondary N) is 1. The van der Waals surface area contributed by atoms with E-state index in [1.807, 2.05) is 0 Å². The van der Waals surface area contributed by atoms with Gasteiger partial charge in [0.2, 0.25) is 0 Å². The summed E-state index contributed by atoms with van der Waals surface area (Å²) in [6.07, 6.45) is 2.07. The molecular weight excluding hydrogens is 326 g/mol. The van der Waals surface area contributed by atoms with Crippen molar-refractivity contribution in [2.75, 3.05) is 46.3 Å². The second kappa shape index (κ2) is 7.38. The molecule has 0 aliphatic carbocycles. The Kier molecular flexibility index (Phi) is 5.46. The van der Waals surface area contributed by atoms with Gasteiger partial charge in [0.1, 0.15) is 0 Å². The van der Waals surface area contributed by atoms with Gasteiger partial charge in [0.25, 0.3) is 5.91 Å². The van der Waals surface area contributed by atoms with Crippen LogP contribution in [-0.2, 0) is 10.5 Å². The van der Waals surface area contributed by atoms with E-state index in [4.69, 9.17) is 0 Å². The van der Waals surface area contributed by atoms with Crippen LogP contribution in [-0.4, -0.2) is 62.0 Å². The second-order valence-electron chi connectivity index (χ2n) is 6.32. The predicted molar refractivity (Wildman–Crippen MR) is 100 cm³/mol. The van der Waals surface area contributed by atoms with Gasteiger partial charge in [-0.05, 0) is 38.1 Å². The first-order valence-electron chi connectivity index (χ1n) is 8.17. The monoisotopic (exact) mass is 351 g/mol. The zero-order valence-corrected chi connectivity index (χ0v) is 15.8. The van der Waals surface area contributed by atoms with E-state index >= 15 is 0 Å². The zero-order valence-electron chi connectivity index (χ0n) is 14.1. The summed E-state index contributed by atoms with van der Waals surface area (Å²) in [5.74, 6) is 1.00. The Morgan fingerprint density at radius 3 is 2.74 bits per heavy atom. The van der Waals surface area contributed by atoms with E-state index in [-0.39, 0.29) is 5.91 Å². The fourth-order valence-corrected chi connectivity index (χ4v) is 5.30. The molecule has 6 heteroatoms. The summed E-state index contributed by atoms with van der Waals surface area (Å²) in [7, 11) is 2.16. The highest BCUT2D eigenvalue weighted by molar-refractivity contribution is 8.03. The normalized spacial score (nSPS) is 19.3. The number of carbonyl (C=O) groups is 1. The van der Waals surface area contributed by atoms with E-state index in [9.17, 15) is 4.79 Å². The van der Waals surface area contributed by atoms with Gasteiger partial charge in [-0.3, -0.25) is 9.69 Å². The quantitative estimate of drug-likeness (QED) is 0.903. The number of hydrogen-bond donors (Lipinski definition) is 1. The summed E-state index contributed by atoms with van der Waals surface area (Å²) < 4.78 is 0. The largest absolute Gasteiger partial charge is 0.350 e. The van der Waals surface area contributed by atoms with Gasteiger partial charge >= 0.3 is 0 Å². The van der Waals surface area contributed by atoms with Crippen LogP contribution in [0.5, 0.6) is 0 Å². The first-order valence-corrected chi connectivity index (χ1v) is 9.97. The number of fused-ring (bicyclic) bond motifs is 1. The molecule has 2 aliphatic heterocycles. The molecule has 3 heterocycles. The molecule has 0 unspecified atom stereocenters. The molecule has 2 aliphatic rings. The third-order valence-electron chi connectivity index (χ3n) is 4.71. The molecule has 0 radical (unpaired) electrons. The lowest BCUT2D eigenvalue weighted by molar-refractivity contribution is -0.116. The van der Waals surface area contributed by atoms with Crippen molar-refractivity contribution in [3.63, 3.8) is 0 Å². The molecular formula is C17H25N3OS2. The molecule has 126 valence electrons. The lowest BCUT2D eigenvalue weighted by Crippen LogP contribution is -2.47. The summed E-state index contributed by atoms with van der Waals surface area (Å²) in [5.41, 5.74) is 2.80. The Balaban J connectivity index is 1.51. The molecule has 1 N–H and O–H groups in total. The van der Waals surface area contributed by atoms with Gasteiger partial charge in [-0.25, -0.2) is 0 Å². The number of thioether (sulfide) groups is 1. The second-order valence-corrected chi connectivity index (χ2v) is 8.60. The maximum Gasteiger partial charge on any atom is 0.257 e. The fourth-order valence-electron chi connectivity index (χ4n) is 2.92. The van der Waals surface area contributed by atoms with Gasteiger partial charge < -0.3 is 10.2 Å². The maximum atomic E-state index is 12.4. The molecule has 0 bridgehead atoms. The van der Waals surface area contributed by atoms with E-state index in [1.54, 1.807) is 23.1 Å². The van der Waals surface area contributed by atoms with Gasteiger partial charge in [0.15, 0.2) is 0 Å². The van der Waals surface area contributed by atoms with Gasteiger partial charge in [-0.15, -0.1) is 23.1 Å². The van der Waals surface area contributed by atoms with Crippen molar-refractivity contribution in [1.82, 2.24) is 15.1 Å². The smallest absolute Gasteiger partial charge is 0.257 e. The van der Waals surface area contributed by atoms with Crippen molar-refractivity contribution < 1.29 is 4.79 Å². The number of hydrogen-bond acceptors (Lipinski definition) is 5. The minimum Gasteiger partial charge on any atom is -0.350 e. The van der Waals surface area contributed by atoms with Crippen LogP contribution < -0.4 is 5.32 Å². The number of thiophene rings is 1. The lowest BCUT2D eigenvalue weighted by Gasteiger charge is -2.32. The van der Waals surface area contributed by atoms with Gasteiger partial charge in [0, 0.05) is 54.8 Å². The Hall–Kier alpha value is -0.820. The summed E-state index contributed by atoms with van der Waals surface area (Å²) in [6, 6.07) is 0. The fraction of sp³-hybridized carbons (Fsp3) is 0.588. The number of carbonyl (C=O) groups excluding carboxylic acids is 1. The van der Waals surface area contributed by atoms with Crippen molar-refractivity contribution in [3.05, 3.63) is 25.8 Å². The lowest BCUT2D eigenvalue weighted by atomic mass is 10.1. The highest BCUT2D eigenvalue weighted by atomic mass is 32.2. The maximum absolute atomic E-state index is 12.4. The molecule has 1 fully saturated rings. The van der Waals surface area contributed by atoms with Crippen molar-refractivity contribution in [2.24, 2.45) is 0 Å². The van der Waals surface area contributed by atoms with Crippen LogP contribution in [0.15, 0.2) is 4.91 Å². The molecule has 3 rings (SSSR count). The first kappa shape index (κ1) is 17.0. The minimum atomic E-state index is 0.0819. The molecule has 23 heavy (non-hydrogen) atoms. The topological polar surface area (TPSA) is 35.6 Å². The van der Waals surface area contributed by atoms with Crippen LogP contribution in [0.25, 0.3) is 6.08 Å². The summed E-state index contributed by atoms with van der Waals surface area (Å²) in [4.78, 5) is 20.6. The van der Waals surface area contributed by atoms with Crippen LogP contribution in [0.2, 0.25) is 0 Å². The molecule has 1 aromatic heterocycles. The number of likely N-dealkylation sites (N-methyl/N-ethyl adjacent to an activating group) is 1. The van der Waals surface area contributed by atoms with Crippen LogP contribution >= 0.6 is 23.1 Å². The van der Waals surface area contributed by atoms with Crippen molar-refractivity contribution in [3.8, 4) is 0 Å². The average Bonchev–Trinajstić information content (AvgIpc) is 2.83. The van der Waals surface area contributed by atoms with E-state index in [0.29, 0.717) is 0 Å². The third-order valence-corrected chi connectivity index (χ3v) is 6.95. The standard InChI is InChI=1S/C17H25N3OS2/c1-12-13(2)23-15-10-16(22-11-14(12)15)17(21)18-4-5-20-8-6-19(3)7-9-20/h10H,4-9,11H2,1-3H3,(H,18,21). The Morgan fingerprint density at radius 1 is 1.26 bits per heavy atom. The molecule has 0 spiro atoms. The van der Waals surface area contributed by atoms with Crippen LogP contribution in [0.3, 0.4) is 0 Å². The highest BCUT2D eigenvalue weighted by Crippen LogP contribution is 2.39. The van der Waals surface area contributed by atoms with Crippen molar-refractivity contribution in [2.45, 2.75) is 19.6 Å². The number of piperazine rings is 1. The Bertz CT molecular complexity index is 616. The van der Waals surface area contributed by atoms with E-state index in [0.717, 1.165) is 49.9 Å². The first-order chi connectivity index (χ1) is 11.0. The Morgan fingerprint density at radius 2 is 2.00 bits per heavy atom. The molecule has 4 nitrogen and oxygen atoms in total. The van der Waals surface area contributed by atoms with Crippen LogP contribution in [0, 0.1) is 13.8 Å². The zero-order chi connectivity index (χ0) is 16.4. The molecule has 0 aromatic carbocycles. The molecule has 0 atom stereocenters. The highest BCUT2D eigenvalue weighted by Gasteiger charge is 2.21. The molecule has 1 aromatic rings. The Labute approximate surface area is 146 Å². The van der Waals surface area contributed by atoms with Crippen molar-refractivity contribution >= 4 is 35.1 Å². The van der Waals surface area contributed by atoms with Crippen LogP contribution in [0.1, 0.15) is 20.9 Å². The molecule has 1 amide bonds. The minimum absolute atomic E-state index is 0.0819. The van der Waals surface area contributed by atoms with Gasteiger partial charge in [0.05, 0.1) is 4.91 Å².